The van der Waals surface area contributed by atoms with Crippen molar-refractivity contribution in [1.29, 1.82) is 5.26 Å². The van der Waals surface area contributed by atoms with Crippen LogP contribution in [-0.2, 0) is 0 Å². The van der Waals surface area contributed by atoms with Crippen LogP contribution in [0.3, 0.4) is 0 Å². The quantitative estimate of drug-likeness (QED) is 0.785. The van der Waals surface area contributed by atoms with Crippen LogP contribution in [0.15, 0.2) is 23.1 Å². The van der Waals surface area contributed by atoms with E-state index in [-0.39, 0.29) is 0 Å². The highest BCUT2D eigenvalue weighted by molar-refractivity contribution is 7.99. The molecule has 1 aromatic carbocycles. The van der Waals surface area contributed by atoms with Crippen LogP contribution in [0.25, 0.3) is 0 Å². The van der Waals surface area contributed by atoms with E-state index in [4.69, 9.17) is 23.2 Å². The Morgan fingerprint density at radius 3 is 2.74 bits per heavy atom. The zero-order valence-electron chi connectivity index (χ0n) is 10.7. The molecule has 0 spiro atoms. The van der Waals surface area contributed by atoms with Crippen molar-refractivity contribution in [3.05, 3.63) is 28.2 Å². The van der Waals surface area contributed by atoms with E-state index in [1.807, 2.05) is 19.1 Å². The van der Waals surface area contributed by atoms with Crippen molar-refractivity contribution >= 4 is 35.0 Å². The number of hydrogen-bond donors (Lipinski definition) is 1. The van der Waals surface area contributed by atoms with Gasteiger partial charge < -0.3 is 0 Å². The van der Waals surface area contributed by atoms with E-state index in [1.54, 1.807) is 17.8 Å². The molecule has 0 aromatic heterocycles. The molecule has 1 aromatic rings. The number of hydrogen-bond acceptors (Lipinski definition) is 3. The summed E-state index contributed by atoms with van der Waals surface area (Å²) in [6.07, 6.45) is 3.19. The van der Waals surface area contributed by atoms with E-state index in [0.717, 1.165) is 17.1 Å². The lowest BCUT2D eigenvalue weighted by Crippen LogP contribution is -2.42. The van der Waals surface area contributed by atoms with Crippen LogP contribution in [0.1, 0.15) is 26.2 Å². The average molecular weight is 315 g/mol. The lowest BCUT2D eigenvalue weighted by molar-refractivity contribution is 0.434. The maximum Gasteiger partial charge on any atom is 0.104 e. The molecule has 0 bridgehead atoms. The molecule has 1 N–H and O–H groups in total. The molecule has 0 heterocycles. The number of rotatable bonds is 6. The number of thioether (sulfide) groups is 1. The molecule has 5 heteroatoms. The van der Waals surface area contributed by atoms with E-state index < -0.39 is 5.54 Å². The summed E-state index contributed by atoms with van der Waals surface area (Å²) in [5, 5.41) is 13.8. The first-order valence-electron chi connectivity index (χ1n) is 6.29. The minimum absolute atomic E-state index is 0.426. The van der Waals surface area contributed by atoms with Gasteiger partial charge in [0.05, 0.1) is 16.1 Å². The summed E-state index contributed by atoms with van der Waals surface area (Å²) >= 11 is 13.6. The molecule has 1 unspecified atom stereocenters. The molecular formula is C14H16Cl2N2S. The monoisotopic (exact) mass is 314 g/mol. The zero-order chi connectivity index (χ0) is 13.9. The van der Waals surface area contributed by atoms with Gasteiger partial charge >= 0.3 is 0 Å². The number of nitrogens with zero attached hydrogens (tertiary/aromatic N) is 1. The molecule has 0 aliphatic heterocycles. The Labute approximate surface area is 128 Å². The van der Waals surface area contributed by atoms with Gasteiger partial charge in [-0.15, -0.1) is 11.8 Å². The van der Waals surface area contributed by atoms with Gasteiger partial charge in [-0.3, -0.25) is 5.32 Å². The van der Waals surface area contributed by atoms with Crippen LogP contribution >= 0.6 is 35.0 Å². The predicted molar refractivity (Wildman–Crippen MR) is 82.0 cm³/mol. The van der Waals surface area contributed by atoms with Crippen molar-refractivity contribution in [3.63, 3.8) is 0 Å². The Morgan fingerprint density at radius 2 is 2.16 bits per heavy atom. The molecule has 0 saturated heterocycles. The third kappa shape index (κ3) is 4.57. The fraction of sp³-hybridized carbons (Fsp3) is 0.500. The molecular weight excluding hydrogens is 299 g/mol. The van der Waals surface area contributed by atoms with Crippen LogP contribution in [0, 0.1) is 11.3 Å². The van der Waals surface area contributed by atoms with E-state index in [2.05, 4.69) is 11.4 Å². The van der Waals surface area contributed by atoms with Crippen LogP contribution in [0.5, 0.6) is 0 Å². The standard InChI is InChI=1S/C14H16Cl2N2S/c1-14(9-17,18-10-2-3-10)6-7-19-11-4-5-12(15)13(16)8-11/h4-5,8,10,18H,2-3,6-7H2,1H3. The summed E-state index contributed by atoms with van der Waals surface area (Å²) in [6, 6.07) is 8.55. The van der Waals surface area contributed by atoms with Crippen molar-refractivity contribution in [2.45, 2.75) is 42.7 Å². The van der Waals surface area contributed by atoms with Crippen LogP contribution in [0.2, 0.25) is 10.0 Å². The van der Waals surface area contributed by atoms with Crippen molar-refractivity contribution in [1.82, 2.24) is 5.32 Å². The Hall–Kier alpha value is -0.400. The average Bonchev–Trinajstić information content (AvgIpc) is 3.17. The summed E-state index contributed by atoms with van der Waals surface area (Å²) in [5.74, 6) is 0.877. The summed E-state index contributed by atoms with van der Waals surface area (Å²) in [7, 11) is 0. The third-order valence-corrected chi connectivity index (χ3v) is 4.84. The topological polar surface area (TPSA) is 35.8 Å². The van der Waals surface area contributed by atoms with Crippen LogP contribution in [0.4, 0.5) is 0 Å². The van der Waals surface area contributed by atoms with Gasteiger partial charge in [-0.2, -0.15) is 5.26 Å². The highest BCUT2D eigenvalue weighted by Crippen LogP contribution is 2.30. The number of nitriles is 1. The van der Waals surface area contributed by atoms with Crippen molar-refractivity contribution < 1.29 is 0 Å². The smallest absolute Gasteiger partial charge is 0.104 e. The van der Waals surface area contributed by atoms with Gasteiger partial charge in [-0.05, 0) is 44.4 Å². The zero-order valence-corrected chi connectivity index (χ0v) is 13.1. The van der Waals surface area contributed by atoms with E-state index in [0.29, 0.717) is 16.1 Å². The normalized spacial score (nSPS) is 17.8. The molecule has 1 atom stereocenters. The summed E-state index contributed by atoms with van der Waals surface area (Å²) in [4.78, 5) is 1.08. The second-order valence-corrected chi connectivity index (χ2v) is 7.02. The first-order valence-corrected chi connectivity index (χ1v) is 8.03. The van der Waals surface area contributed by atoms with Crippen molar-refractivity contribution in [3.8, 4) is 6.07 Å². The molecule has 2 rings (SSSR count). The lowest BCUT2D eigenvalue weighted by Gasteiger charge is -2.22. The predicted octanol–water partition coefficient (Wildman–Crippen LogP) is 4.51. The summed E-state index contributed by atoms with van der Waals surface area (Å²) in [5.41, 5.74) is -0.426. The first-order chi connectivity index (χ1) is 9.02. The minimum atomic E-state index is -0.426. The van der Waals surface area contributed by atoms with Crippen LogP contribution in [-0.4, -0.2) is 17.3 Å². The molecule has 1 aliphatic carbocycles. The van der Waals surface area contributed by atoms with Gasteiger partial charge in [0.25, 0.3) is 0 Å². The lowest BCUT2D eigenvalue weighted by atomic mass is 10.0. The number of benzene rings is 1. The highest BCUT2D eigenvalue weighted by Gasteiger charge is 2.32. The third-order valence-electron chi connectivity index (χ3n) is 3.11. The van der Waals surface area contributed by atoms with Gasteiger partial charge in [-0.25, -0.2) is 0 Å². The Bertz CT molecular complexity index is 497. The minimum Gasteiger partial charge on any atom is -0.297 e. The van der Waals surface area contributed by atoms with E-state index in [1.165, 1.54) is 12.8 Å². The summed E-state index contributed by atoms with van der Waals surface area (Å²) < 4.78 is 0. The number of nitrogens with one attached hydrogen (secondary N) is 1. The first kappa shape index (κ1) is 15.0. The molecule has 0 radical (unpaired) electrons. The summed E-state index contributed by atoms with van der Waals surface area (Å²) in [6.45, 7) is 1.97. The second-order valence-electron chi connectivity index (χ2n) is 5.04. The Morgan fingerprint density at radius 1 is 1.42 bits per heavy atom. The SMILES string of the molecule is CC(C#N)(CCSc1ccc(Cl)c(Cl)c1)NC1CC1. The molecule has 102 valence electrons. The van der Waals surface area contributed by atoms with Gasteiger partial charge in [0.1, 0.15) is 5.54 Å². The maximum atomic E-state index is 9.28. The van der Waals surface area contributed by atoms with Gasteiger partial charge in [-0.1, -0.05) is 23.2 Å². The van der Waals surface area contributed by atoms with Crippen molar-refractivity contribution in [2.75, 3.05) is 5.75 Å². The molecule has 19 heavy (non-hydrogen) atoms. The molecule has 1 fully saturated rings. The molecule has 2 nitrogen and oxygen atoms in total. The van der Waals surface area contributed by atoms with Crippen molar-refractivity contribution in [2.24, 2.45) is 0 Å². The fourth-order valence-electron chi connectivity index (χ4n) is 1.78. The Kier molecular flexibility index (Phi) is 5.03. The van der Waals surface area contributed by atoms with Crippen LogP contribution < -0.4 is 5.32 Å². The van der Waals surface area contributed by atoms with E-state index >= 15 is 0 Å². The highest BCUT2D eigenvalue weighted by atomic mass is 35.5. The largest absolute Gasteiger partial charge is 0.297 e. The molecule has 0 amide bonds. The molecule has 1 saturated carbocycles. The van der Waals surface area contributed by atoms with E-state index in [9.17, 15) is 5.26 Å². The second kappa shape index (κ2) is 6.37. The van der Waals surface area contributed by atoms with Gasteiger partial charge in [0, 0.05) is 16.7 Å². The maximum absolute atomic E-state index is 9.28. The molecule has 1 aliphatic rings. The van der Waals surface area contributed by atoms with Gasteiger partial charge in [0.15, 0.2) is 0 Å². The van der Waals surface area contributed by atoms with Gasteiger partial charge in [0.2, 0.25) is 0 Å². The number of halogens is 2. The Balaban J connectivity index is 1.84. The fourth-order valence-corrected chi connectivity index (χ4v) is 3.25.